The third-order valence-corrected chi connectivity index (χ3v) is 3.16. The highest BCUT2D eigenvalue weighted by Crippen LogP contribution is 2.25. The van der Waals surface area contributed by atoms with Gasteiger partial charge in [-0.1, -0.05) is 30.7 Å². The lowest BCUT2D eigenvalue weighted by Crippen LogP contribution is -2.18. The van der Waals surface area contributed by atoms with Crippen molar-refractivity contribution in [2.24, 2.45) is 5.73 Å². The first-order valence-corrected chi connectivity index (χ1v) is 6.12. The zero-order valence-electron chi connectivity index (χ0n) is 9.81. The van der Waals surface area contributed by atoms with Gasteiger partial charge in [0.2, 0.25) is 0 Å². The molecule has 0 aliphatic carbocycles. The largest absolute Gasteiger partial charge is 0.328 e. The van der Waals surface area contributed by atoms with Crippen molar-refractivity contribution in [3.8, 4) is 11.3 Å². The van der Waals surface area contributed by atoms with Gasteiger partial charge in [-0.2, -0.15) is 0 Å². The molecule has 0 aliphatic rings. The summed E-state index contributed by atoms with van der Waals surface area (Å²) in [5, 5.41) is 0.732. The maximum atomic E-state index is 6.01. The smallest absolute Gasteiger partial charge is 0.0954 e. The molecule has 3 nitrogen and oxygen atoms in total. The topological polar surface area (TPSA) is 43.8 Å². The molecule has 0 spiro atoms. The van der Waals surface area contributed by atoms with Crippen molar-refractivity contribution < 1.29 is 0 Å². The number of benzene rings is 1. The molecule has 0 radical (unpaired) electrons. The molecule has 1 aromatic carbocycles. The Labute approximate surface area is 106 Å². The molecule has 2 rings (SSSR count). The first kappa shape index (κ1) is 12.1. The zero-order chi connectivity index (χ0) is 12.3. The summed E-state index contributed by atoms with van der Waals surface area (Å²) in [6, 6.07) is 8.07. The van der Waals surface area contributed by atoms with Crippen LogP contribution in [0.3, 0.4) is 0 Å². The molecule has 0 saturated carbocycles. The summed E-state index contributed by atoms with van der Waals surface area (Å²) in [6.07, 6.45) is 4.67. The summed E-state index contributed by atoms with van der Waals surface area (Å²) in [4.78, 5) is 4.21. The summed E-state index contributed by atoms with van der Waals surface area (Å²) < 4.78 is 2.12. The minimum Gasteiger partial charge on any atom is -0.328 e. The molecular weight excluding hydrogens is 234 g/mol. The van der Waals surface area contributed by atoms with E-state index < -0.39 is 0 Å². The van der Waals surface area contributed by atoms with Gasteiger partial charge in [-0.3, -0.25) is 0 Å². The van der Waals surface area contributed by atoms with E-state index in [2.05, 4.69) is 16.5 Å². The Kier molecular flexibility index (Phi) is 3.82. The molecule has 0 amide bonds. The van der Waals surface area contributed by atoms with Crippen LogP contribution in [-0.4, -0.2) is 16.1 Å². The maximum absolute atomic E-state index is 6.01. The molecule has 4 heteroatoms. The predicted octanol–water partition coefficient (Wildman–Crippen LogP) is 3.11. The molecular formula is C13H16ClN3. The summed E-state index contributed by atoms with van der Waals surface area (Å²) in [6.45, 7) is 2.74. The molecule has 0 saturated heterocycles. The number of nitrogens with two attached hydrogens (primary N) is 1. The lowest BCUT2D eigenvalue weighted by Gasteiger charge is -2.17. The lowest BCUT2D eigenvalue weighted by molar-refractivity contribution is 0.500. The van der Waals surface area contributed by atoms with Gasteiger partial charge in [0.25, 0.3) is 0 Å². The molecule has 17 heavy (non-hydrogen) atoms. The minimum absolute atomic E-state index is 0.284. The molecule has 0 fully saturated rings. The summed E-state index contributed by atoms with van der Waals surface area (Å²) in [5.74, 6) is 0. The Hall–Kier alpha value is -1.32. The molecule has 2 aromatic rings. The van der Waals surface area contributed by atoms with Crippen LogP contribution in [0.5, 0.6) is 0 Å². The molecule has 2 N–H and O–H groups in total. The second-order valence-corrected chi connectivity index (χ2v) is 4.43. The number of hydrogen-bond donors (Lipinski definition) is 1. The Morgan fingerprint density at radius 3 is 2.94 bits per heavy atom. The number of halogens is 1. The van der Waals surface area contributed by atoms with Gasteiger partial charge >= 0.3 is 0 Å². The Morgan fingerprint density at radius 2 is 2.29 bits per heavy atom. The van der Waals surface area contributed by atoms with E-state index in [0.29, 0.717) is 6.54 Å². The van der Waals surface area contributed by atoms with Crippen LogP contribution in [0, 0.1) is 0 Å². The van der Waals surface area contributed by atoms with E-state index in [1.165, 1.54) is 0 Å². The van der Waals surface area contributed by atoms with Crippen molar-refractivity contribution in [3.05, 3.63) is 41.8 Å². The fraction of sp³-hybridized carbons (Fsp3) is 0.308. The third kappa shape index (κ3) is 2.51. The second-order valence-electron chi connectivity index (χ2n) is 3.99. The molecule has 1 unspecified atom stereocenters. The van der Waals surface area contributed by atoms with Crippen molar-refractivity contribution in [2.75, 3.05) is 6.54 Å². The van der Waals surface area contributed by atoms with Gasteiger partial charge in [-0.15, -0.1) is 0 Å². The molecule has 1 aromatic heterocycles. The summed E-state index contributed by atoms with van der Waals surface area (Å²) >= 11 is 6.01. The SMILES string of the molecule is CCC(CN)n1cncc1-c1cccc(Cl)c1. The van der Waals surface area contributed by atoms with Crippen LogP contribution in [0.15, 0.2) is 36.8 Å². The fourth-order valence-corrected chi connectivity index (χ4v) is 2.13. The van der Waals surface area contributed by atoms with E-state index >= 15 is 0 Å². The molecule has 1 heterocycles. The minimum atomic E-state index is 0.284. The van der Waals surface area contributed by atoms with Crippen LogP contribution in [0.4, 0.5) is 0 Å². The Bertz CT molecular complexity index is 489. The van der Waals surface area contributed by atoms with Crippen LogP contribution < -0.4 is 5.73 Å². The van der Waals surface area contributed by atoms with E-state index in [1.54, 1.807) is 0 Å². The monoisotopic (exact) mass is 249 g/mol. The predicted molar refractivity (Wildman–Crippen MR) is 71.1 cm³/mol. The average molecular weight is 250 g/mol. The van der Waals surface area contributed by atoms with Crippen LogP contribution in [-0.2, 0) is 0 Å². The van der Waals surface area contributed by atoms with Crippen LogP contribution in [0.25, 0.3) is 11.3 Å². The standard InChI is InChI=1S/C13H16ClN3/c1-2-12(7-15)17-9-16-8-13(17)10-4-3-5-11(14)6-10/h3-6,8-9,12H,2,7,15H2,1H3. The van der Waals surface area contributed by atoms with Crippen LogP contribution in [0.2, 0.25) is 5.02 Å². The maximum Gasteiger partial charge on any atom is 0.0954 e. The molecule has 90 valence electrons. The average Bonchev–Trinajstić information content (AvgIpc) is 2.80. The van der Waals surface area contributed by atoms with E-state index in [-0.39, 0.29) is 6.04 Å². The van der Waals surface area contributed by atoms with Gasteiger partial charge in [0.15, 0.2) is 0 Å². The highest BCUT2D eigenvalue weighted by molar-refractivity contribution is 6.30. The second kappa shape index (κ2) is 5.34. The molecule has 0 bridgehead atoms. The quantitative estimate of drug-likeness (QED) is 0.905. The number of nitrogens with zero attached hydrogens (tertiary/aromatic N) is 2. The van der Waals surface area contributed by atoms with Gasteiger partial charge < -0.3 is 10.3 Å². The van der Waals surface area contributed by atoms with Crippen molar-refractivity contribution in [1.29, 1.82) is 0 Å². The van der Waals surface area contributed by atoms with Crippen LogP contribution in [0.1, 0.15) is 19.4 Å². The van der Waals surface area contributed by atoms with E-state index in [0.717, 1.165) is 22.7 Å². The fourth-order valence-electron chi connectivity index (χ4n) is 1.94. The Morgan fingerprint density at radius 1 is 1.47 bits per heavy atom. The highest BCUT2D eigenvalue weighted by atomic mass is 35.5. The van der Waals surface area contributed by atoms with E-state index in [9.17, 15) is 0 Å². The van der Waals surface area contributed by atoms with Gasteiger partial charge in [-0.25, -0.2) is 4.98 Å². The van der Waals surface area contributed by atoms with E-state index in [4.69, 9.17) is 17.3 Å². The molecule has 0 aliphatic heterocycles. The zero-order valence-corrected chi connectivity index (χ0v) is 10.6. The normalized spacial score (nSPS) is 12.6. The number of aromatic nitrogens is 2. The van der Waals surface area contributed by atoms with E-state index in [1.807, 2.05) is 36.8 Å². The first-order valence-electron chi connectivity index (χ1n) is 5.74. The van der Waals surface area contributed by atoms with Gasteiger partial charge in [0.1, 0.15) is 0 Å². The lowest BCUT2D eigenvalue weighted by atomic mass is 10.1. The van der Waals surface area contributed by atoms with Gasteiger partial charge in [0.05, 0.1) is 18.2 Å². The summed E-state index contributed by atoms with van der Waals surface area (Å²) in [7, 11) is 0. The number of hydrogen-bond acceptors (Lipinski definition) is 2. The number of imidazole rings is 1. The van der Waals surface area contributed by atoms with Gasteiger partial charge in [-0.05, 0) is 18.6 Å². The Balaban J connectivity index is 2.43. The van der Waals surface area contributed by atoms with Crippen molar-refractivity contribution in [2.45, 2.75) is 19.4 Å². The highest BCUT2D eigenvalue weighted by Gasteiger charge is 2.12. The third-order valence-electron chi connectivity index (χ3n) is 2.92. The molecule has 1 atom stereocenters. The van der Waals surface area contributed by atoms with Crippen molar-refractivity contribution >= 4 is 11.6 Å². The number of rotatable bonds is 4. The van der Waals surface area contributed by atoms with Crippen molar-refractivity contribution in [3.63, 3.8) is 0 Å². The van der Waals surface area contributed by atoms with Crippen LogP contribution >= 0.6 is 11.6 Å². The van der Waals surface area contributed by atoms with Crippen molar-refractivity contribution in [1.82, 2.24) is 9.55 Å². The van der Waals surface area contributed by atoms with Gasteiger partial charge in [0, 0.05) is 23.2 Å². The summed E-state index contributed by atoms with van der Waals surface area (Å²) in [5.41, 5.74) is 7.91. The first-order chi connectivity index (χ1) is 8.26.